The predicted molar refractivity (Wildman–Crippen MR) is 114 cm³/mol. The molecule has 0 radical (unpaired) electrons. The van der Waals surface area contributed by atoms with Gasteiger partial charge in [0, 0.05) is 12.4 Å². The average molecular weight is 376 g/mol. The maximum absolute atomic E-state index is 11.7. The number of esters is 1. The lowest BCUT2D eigenvalue weighted by molar-refractivity contribution is 0.0497. The minimum absolute atomic E-state index is 0.261. The largest absolute Gasteiger partial charge is 0.462 e. The van der Waals surface area contributed by atoms with E-state index < -0.39 is 0 Å². The summed E-state index contributed by atoms with van der Waals surface area (Å²) in [6.07, 6.45) is 21.9. The van der Waals surface area contributed by atoms with E-state index >= 15 is 0 Å². The highest BCUT2D eigenvalue weighted by Gasteiger charge is 2.05. The first kappa shape index (κ1) is 23.7. The number of hydrogen-bond donors (Lipinski definition) is 0. The molecule has 0 atom stereocenters. The normalized spacial score (nSPS) is 11.1. The zero-order valence-electron chi connectivity index (χ0n) is 17.8. The molecule has 3 nitrogen and oxygen atoms in total. The lowest BCUT2D eigenvalue weighted by Gasteiger charge is -2.05. The zero-order valence-corrected chi connectivity index (χ0v) is 17.8. The van der Waals surface area contributed by atoms with Crippen molar-refractivity contribution in [3.8, 4) is 0 Å². The highest BCUT2D eigenvalue weighted by atomic mass is 16.5. The second-order valence-electron chi connectivity index (χ2n) is 8.16. The summed E-state index contributed by atoms with van der Waals surface area (Å²) >= 11 is 0. The minimum atomic E-state index is -0.261. The number of nitrogens with zero attached hydrogens (tertiary/aromatic N) is 1. The molecule has 0 amide bonds. The summed E-state index contributed by atoms with van der Waals surface area (Å²) in [6, 6.07) is 3.49. The highest BCUT2D eigenvalue weighted by molar-refractivity contribution is 5.88. The smallest absolute Gasteiger partial charge is 0.339 e. The quantitative estimate of drug-likeness (QED) is 0.211. The number of rotatable bonds is 17. The fourth-order valence-corrected chi connectivity index (χ4v) is 3.33. The van der Waals surface area contributed by atoms with Gasteiger partial charge in [-0.25, -0.2) is 4.79 Å². The third kappa shape index (κ3) is 14.4. The van der Waals surface area contributed by atoms with E-state index in [1.165, 1.54) is 77.0 Å². The maximum atomic E-state index is 11.7. The zero-order chi connectivity index (χ0) is 19.6. The number of carbonyl (C=O) groups is 1. The summed E-state index contributed by atoms with van der Waals surface area (Å²) in [5, 5.41) is 0. The standard InChI is InChI=1S/C24H41NO2/c1-22(2)17-14-12-10-8-6-4-3-5-7-9-11-13-15-20-27-24(26)23-18-16-19-25-21-23/h16,18-19,21-22H,3-15,17,20H2,1-2H3. The van der Waals surface area contributed by atoms with Gasteiger partial charge in [-0.15, -0.1) is 0 Å². The predicted octanol–water partition coefficient (Wildman–Crippen LogP) is 7.36. The molecule has 3 heteroatoms. The van der Waals surface area contributed by atoms with Crippen molar-refractivity contribution in [3.05, 3.63) is 30.1 Å². The molecule has 0 aliphatic rings. The number of carbonyl (C=O) groups excluding carboxylic acids is 1. The van der Waals surface area contributed by atoms with Crippen LogP contribution < -0.4 is 0 Å². The van der Waals surface area contributed by atoms with Gasteiger partial charge >= 0.3 is 5.97 Å². The monoisotopic (exact) mass is 375 g/mol. The molecule has 154 valence electrons. The number of ether oxygens (including phenoxy) is 1. The molecule has 1 aromatic rings. The molecule has 0 unspecified atom stereocenters. The van der Waals surface area contributed by atoms with Crippen LogP contribution in [0.1, 0.15) is 114 Å². The molecule has 27 heavy (non-hydrogen) atoms. The number of pyridine rings is 1. The number of unbranched alkanes of at least 4 members (excludes halogenated alkanes) is 12. The Balaban J connectivity index is 1.76. The van der Waals surface area contributed by atoms with Crippen LogP contribution >= 0.6 is 0 Å². The third-order valence-electron chi connectivity index (χ3n) is 5.06. The Bertz CT molecular complexity index is 459. The van der Waals surface area contributed by atoms with Gasteiger partial charge in [-0.3, -0.25) is 4.98 Å². The van der Waals surface area contributed by atoms with E-state index in [1.807, 2.05) is 0 Å². The minimum Gasteiger partial charge on any atom is -0.462 e. The van der Waals surface area contributed by atoms with Crippen molar-refractivity contribution >= 4 is 5.97 Å². The van der Waals surface area contributed by atoms with Crippen LogP contribution in [0.5, 0.6) is 0 Å². The second-order valence-corrected chi connectivity index (χ2v) is 8.16. The molecule has 0 N–H and O–H groups in total. The van der Waals surface area contributed by atoms with Crippen LogP contribution in [-0.2, 0) is 4.74 Å². The molecule has 1 rings (SSSR count). The topological polar surface area (TPSA) is 39.2 Å². The lowest BCUT2D eigenvalue weighted by Crippen LogP contribution is -2.06. The van der Waals surface area contributed by atoms with E-state index in [0.29, 0.717) is 12.2 Å². The molecule has 0 fully saturated rings. The second kappa shape index (κ2) is 16.8. The fraction of sp³-hybridized carbons (Fsp3) is 0.750. The van der Waals surface area contributed by atoms with Crippen LogP contribution in [0.2, 0.25) is 0 Å². The Kier molecular flexibility index (Phi) is 14.7. The molecular formula is C24H41NO2. The van der Waals surface area contributed by atoms with Crippen molar-refractivity contribution in [2.75, 3.05) is 6.61 Å². The van der Waals surface area contributed by atoms with E-state index in [1.54, 1.807) is 24.5 Å². The third-order valence-corrected chi connectivity index (χ3v) is 5.06. The van der Waals surface area contributed by atoms with Crippen LogP contribution in [-0.4, -0.2) is 17.6 Å². The maximum Gasteiger partial charge on any atom is 0.339 e. The van der Waals surface area contributed by atoms with Gasteiger partial charge in [-0.1, -0.05) is 97.3 Å². The molecule has 1 aromatic heterocycles. The summed E-state index contributed by atoms with van der Waals surface area (Å²) in [5.41, 5.74) is 0.535. The van der Waals surface area contributed by atoms with Gasteiger partial charge in [0.15, 0.2) is 0 Å². The van der Waals surface area contributed by atoms with E-state index in [2.05, 4.69) is 18.8 Å². The molecular weight excluding hydrogens is 334 g/mol. The van der Waals surface area contributed by atoms with Crippen molar-refractivity contribution in [2.24, 2.45) is 5.92 Å². The average Bonchev–Trinajstić information content (AvgIpc) is 2.68. The van der Waals surface area contributed by atoms with Gasteiger partial charge < -0.3 is 4.74 Å². The first-order valence-corrected chi connectivity index (χ1v) is 11.3. The Morgan fingerprint density at radius 2 is 1.37 bits per heavy atom. The SMILES string of the molecule is CC(C)CCCCCCCCCCCCCCCOC(=O)c1cccnc1. The summed E-state index contributed by atoms with van der Waals surface area (Å²) in [5.74, 6) is 0.606. The van der Waals surface area contributed by atoms with Gasteiger partial charge in [0.2, 0.25) is 0 Å². The van der Waals surface area contributed by atoms with Crippen molar-refractivity contribution in [2.45, 2.75) is 104 Å². The molecule has 0 aromatic carbocycles. The molecule has 0 saturated carbocycles. The van der Waals surface area contributed by atoms with Crippen molar-refractivity contribution in [3.63, 3.8) is 0 Å². The van der Waals surface area contributed by atoms with Gasteiger partial charge in [0.05, 0.1) is 12.2 Å². The van der Waals surface area contributed by atoms with Crippen molar-refractivity contribution in [1.82, 2.24) is 4.98 Å². The van der Waals surface area contributed by atoms with Crippen molar-refractivity contribution < 1.29 is 9.53 Å². The Morgan fingerprint density at radius 1 is 0.852 bits per heavy atom. The Labute approximate surface area is 167 Å². The summed E-state index contributed by atoms with van der Waals surface area (Å²) in [7, 11) is 0. The first-order valence-electron chi connectivity index (χ1n) is 11.3. The summed E-state index contributed by atoms with van der Waals surface area (Å²) in [4.78, 5) is 15.7. The number of hydrogen-bond acceptors (Lipinski definition) is 3. The van der Waals surface area contributed by atoms with Gasteiger partial charge in [-0.2, -0.15) is 0 Å². The van der Waals surface area contributed by atoms with E-state index in [0.717, 1.165) is 18.8 Å². The first-order chi connectivity index (χ1) is 13.2. The van der Waals surface area contributed by atoms with Crippen LogP contribution in [0, 0.1) is 5.92 Å². The molecule has 0 saturated heterocycles. The van der Waals surface area contributed by atoms with Crippen LogP contribution in [0.15, 0.2) is 24.5 Å². The summed E-state index contributed by atoms with van der Waals surface area (Å²) in [6.45, 7) is 5.16. The highest BCUT2D eigenvalue weighted by Crippen LogP contribution is 2.14. The Morgan fingerprint density at radius 3 is 1.85 bits per heavy atom. The summed E-state index contributed by atoms with van der Waals surface area (Å²) < 4.78 is 5.27. The van der Waals surface area contributed by atoms with Gasteiger partial charge in [-0.05, 0) is 24.5 Å². The molecule has 0 aliphatic carbocycles. The molecule has 0 aliphatic heterocycles. The number of aromatic nitrogens is 1. The van der Waals surface area contributed by atoms with E-state index in [-0.39, 0.29) is 5.97 Å². The van der Waals surface area contributed by atoms with Crippen LogP contribution in [0.3, 0.4) is 0 Å². The van der Waals surface area contributed by atoms with Crippen LogP contribution in [0.25, 0.3) is 0 Å². The molecule has 0 bridgehead atoms. The van der Waals surface area contributed by atoms with Gasteiger partial charge in [0.25, 0.3) is 0 Å². The van der Waals surface area contributed by atoms with E-state index in [9.17, 15) is 4.79 Å². The van der Waals surface area contributed by atoms with Crippen molar-refractivity contribution in [1.29, 1.82) is 0 Å². The van der Waals surface area contributed by atoms with E-state index in [4.69, 9.17) is 4.74 Å². The van der Waals surface area contributed by atoms with Gasteiger partial charge in [0.1, 0.15) is 0 Å². The van der Waals surface area contributed by atoms with Crippen LogP contribution in [0.4, 0.5) is 0 Å². The molecule has 1 heterocycles. The molecule has 0 spiro atoms. The lowest BCUT2D eigenvalue weighted by atomic mass is 10.0. The Hall–Kier alpha value is -1.38. The fourth-order valence-electron chi connectivity index (χ4n) is 3.33.